The molecule has 1 saturated heterocycles. The van der Waals surface area contributed by atoms with Crippen molar-refractivity contribution >= 4 is 28.2 Å². The standard InChI is InChI=1S/C16H19N5O5S/c1-16(24)11(23)9(4-22)26-14(16)21-3-7(8-5-27-15(20-8)25-2)10-12(17)18-6-19-13(10)21/h3,5-6,9,11,14,22-24H,4H2,1-2H3,(H2,17,18,19)/t9-,11-,14-,16-/m1/s1. The van der Waals surface area contributed by atoms with Gasteiger partial charge in [0.25, 0.3) is 5.19 Å². The summed E-state index contributed by atoms with van der Waals surface area (Å²) in [6.45, 7) is 1.01. The molecule has 0 unspecified atom stereocenters. The molecule has 0 radical (unpaired) electrons. The SMILES string of the molecule is COc1nc(-c2cn([C@@H]3O[C@H](CO)[C@@H](O)[C@@]3(C)O)c3ncnc(N)c23)cs1. The zero-order valence-electron chi connectivity index (χ0n) is 14.6. The number of aliphatic hydroxyl groups excluding tert-OH is 2. The molecule has 0 saturated carbocycles. The van der Waals surface area contributed by atoms with Crippen molar-refractivity contribution in [3.63, 3.8) is 0 Å². The second-order valence-electron chi connectivity index (χ2n) is 6.49. The Morgan fingerprint density at radius 3 is 2.85 bits per heavy atom. The van der Waals surface area contributed by atoms with E-state index in [1.54, 1.807) is 10.8 Å². The molecule has 4 heterocycles. The van der Waals surface area contributed by atoms with Crippen LogP contribution in [0.5, 0.6) is 5.19 Å². The van der Waals surface area contributed by atoms with E-state index in [0.29, 0.717) is 27.5 Å². The van der Waals surface area contributed by atoms with Crippen LogP contribution in [0.3, 0.4) is 0 Å². The molecular weight excluding hydrogens is 374 g/mol. The normalized spacial score (nSPS) is 28.1. The molecule has 3 aromatic rings. The zero-order valence-corrected chi connectivity index (χ0v) is 15.4. The molecule has 0 spiro atoms. The van der Waals surface area contributed by atoms with E-state index >= 15 is 0 Å². The summed E-state index contributed by atoms with van der Waals surface area (Å²) < 4.78 is 12.4. The first-order chi connectivity index (χ1) is 12.9. The summed E-state index contributed by atoms with van der Waals surface area (Å²) in [6.07, 6.45) is -0.189. The number of nitrogen functional groups attached to an aromatic ring is 1. The molecule has 4 atom stereocenters. The van der Waals surface area contributed by atoms with Crippen LogP contribution in [0.1, 0.15) is 13.2 Å². The number of nitrogens with two attached hydrogens (primary N) is 1. The molecule has 11 heteroatoms. The summed E-state index contributed by atoms with van der Waals surface area (Å²) in [6, 6.07) is 0. The van der Waals surface area contributed by atoms with Crippen LogP contribution in [0.15, 0.2) is 17.9 Å². The highest BCUT2D eigenvalue weighted by Crippen LogP contribution is 2.43. The van der Waals surface area contributed by atoms with Crippen molar-refractivity contribution in [2.75, 3.05) is 19.5 Å². The van der Waals surface area contributed by atoms with Gasteiger partial charge < -0.3 is 35.1 Å². The van der Waals surface area contributed by atoms with E-state index in [9.17, 15) is 15.3 Å². The molecule has 27 heavy (non-hydrogen) atoms. The van der Waals surface area contributed by atoms with Crippen LogP contribution in [0, 0.1) is 0 Å². The Balaban J connectivity index is 1.91. The van der Waals surface area contributed by atoms with Gasteiger partial charge in [-0.05, 0) is 6.92 Å². The van der Waals surface area contributed by atoms with Gasteiger partial charge >= 0.3 is 0 Å². The maximum atomic E-state index is 10.8. The van der Waals surface area contributed by atoms with E-state index < -0.39 is 30.6 Å². The number of fused-ring (bicyclic) bond motifs is 1. The van der Waals surface area contributed by atoms with Gasteiger partial charge in [0.2, 0.25) is 0 Å². The van der Waals surface area contributed by atoms with E-state index in [2.05, 4.69) is 15.0 Å². The number of nitrogens with zero attached hydrogens (tertiary/aromatic N) is 4. The predicted molar refractivity (Wildman–Crippen MR) is 97.2 cm³/mol. The topological polar surface area (TPSA) is 149 Å². The van der Waals surface area contributed by atoms with E-state index in [0.717, 1.165) is 0 Å². The second kappa shape index (κ2) is 6.39. The average molecular weight is 393 g/mol. The molecule has 3 aromatic heterocycles. The summed E-state index contributed by atoms with van der Waals surface area (Å²) in [4.78, 5) is 12.7. The van der Waals surface area contributed by atoms with Gasteiger partial charge in [0.15, 0.2) is 6.23 Å². The van der Waals surface area contributed by atoms with E-state index in [1.165, 1.54) is 31.7 Å². The number of methoxy groups -OCH3 is 1. The molecule has 1 fully saturated rings. The van der Waals surface area contributed by atoms with E-state index in [1.807, 2.05) is 5.38 Å². The fraction of sp³-hybridized carbons (Fsp3) is 0.438. The Kier molecular flexibility index (Phi) is 4.28. The molecular formula is C16H19N5O5S. The first kappa shape index (κ1) is 18.1. The van der Waals surface area contributed by atoms with Crippen LogP contribution in [0.25, 0.3) is 22.3 Å². The van der Waals surface area contributed by atoms with Crippen molar-refractivity contribution < 1.29 is 24.8 Å². The Morgan fingerprint density at radius 2 is 2.22 bits per heavy atom. The number of aromatic nitrogens is 4. The molecule has 10 nitrogen and oxygen atoms in total. The van der Waals surface area contributed by atoms with Gasteiger partial charge in [-0.25, -0.2) is 15.0 Å². The van der Waals surface area contributed by atoms with Crippen LogP contribution in [0.2, 0.25) is 0 Å². The van der Waals surface area contributed by atoms with Crippen molar-refractivity contribution in [3.8, 4) is 16.5 Å². The number of thiazole rings is 1. The zero-order chi connectivity index (χ0) is 19.3. The van der Waals surface area contributed by atoms with Crippen molar-refractivity contribution in [2.24, 2.45) is 0 Å². The smallest absolute Gasteiger partial charge is 0.273 e. The molecule has 1 aliphatic rings. The highest BCUT2D eigenvalue weighted by atomic mass is 32.1. The predicted octanol–water partition coefficient (Wildman–Crippen LogP) is 0.147. The molecule has 4 rings (SSSR count). The van der Waals surface area contributed by atoms with Crippen molar-refractivity contribution in [2.45, 2.75) is 31.0 Å². The van der Waals surface area contributed by atoms with Crippen LogP contribution < -0.4 is 10.5 Å². The van der Waals surface area contributed by atoms with Gasteiger partial charge in [-0.2, -0.15) is 0 Å². The number of aliphatic hydroxyl groups is 3. The minimum absolute atomic E-state index is 0.248. The number of ether oxygens (including phenoxy) is 2. The second-order valence-corrected chi connectivity index (χ2v) is 7.31. The lowest BCUT2D eigenvalue weighted by Crippen LogP contribution is -2.44. The Bertz CT molecular complexity index is 987. The van der Waals surface area contributed by atoms with E-state index in [4.69, 9.17) is 15.2 Å². The van der Waals surface area contributed by atoms with Crippen LogP contribution in [0.4, 0.5) is 5.82 Å². The van der Waals surface area contributed by atoms with Gasteiger partial charge in [-0.15, -0.1) is 0 Å². The number of hydrogen-bond donors (Lipinski definition) is 4. The van der Waals surface area contributed by atoms with Crippen LogP contribution in [-0.4, -0.2) is 66.4 Å². The molecule has 0 aliphatic carbocycles. The highest BCUT2D eigenvalue weighted by Gasteiger charge is 2.53. The highest BCUT2D eigenvalue weighted by molar-refractivity contribution is 7.11. The van der Waals surface area contributed by atoms with Gasteiger partial charge in [-0.3, -0.25) is 0 Å². The largest absolute Gasteiger partial charge is 0.473 e. The number of anilines is 1. The Labute approximate surface area is 157 Å². The van der Waals surface area contributed by atoms with Crippen LogP contribution >= 0.6 is 11.3 Å². The Morgan fingerprint density at radius 1 is 1.44 bits per heavy atom. The monoisotopic (exact) mass is 393 g/mol. The summed E-state index contributed by atoms with van der Waals surface area (Å²) in [5, 5.41) is 33.4. The summed E-state index contributed by atoms with van der Waals surface area (Å²) >= 11 is 1.33. The lowest BCUT2D eigenvalue weighted by atomic mass is 9.96. The van der Waals surface area contributed by atoms with Crippen molar-refractivity contribution in [3.05, 3.63) is 17.9 Å². The third kappa shape index (κ3) is 2.66. The summed E-state index contributed by atoms with van der Waals surface area (Å²) in [5.74, 6) is 0.248. The first-order valence-corrected chi connectivity index (χ1v) is 9.04. The lowest BCUT2D eigenvalue weighted by Gasteiger charge is -2.27. The fourth-order valence-corrected chi connectivity index (χ4v) is 3.99. The van der Waals surface area contributed by atoms with Crippen molar-refractivity contribution in [1.29, 1.82) is 0 Å². The minimum atomic E-state index is -1.66. The van der Waals surface area contributed by atoms with Crippen molar-refractivity contribution in [1.82, 2.24) is 19.5 Å². The number of hydrogen-bond acceptors (Lipinski definition) is 10. The first-order valence-electron chi connectivity index (χ1n) is 8.16. The quantitative estimate of drug-likeness (QED) is 0.486. The summed E-state index contributed by atoms with van der Waals surface area (Å²) in [5.41, 5.74) is 6.09. The van der Waals surface area contributed by atoms with E-state index in [-0.39, 0.29) is 5.82 Å². The Hall–Kier alpha value is -2.31. The molecule has 5 N–H and O–H groups in total. The molecule has 144 valence electrons. The minimum Gasteiger partial charge on any atom is -0.473 e. The number of rotatable bonds is 4. The molecule has 0 bridgehead atoms. The summed E-state index contributed by atoms with van der Waals surface area (Å²) in [7, 11) is 1.53. The molecule has 1 aliphatic heterocycles. The van der Waals surface area contributed by atoms with Gasteiger partial charge in [0.1, 0.15) is 35.6 Å². The van der Waals surface area contributed by atoms with Gasteiger partial charge in [0, 0.05) is 17.1 Å². The maximum Gasteiger partial charge on any atom is 0.273 e. The third-order valence-electron chi connectivity index (χ3n) is 4.76. The third-order valence-corrected chi connectivity index (χ3v) is 5.56. The van der Waals surface area contributed by atoms with Gasteiger partial charge in [-0.1, -0.05) is 11.3 Å². The lowest BCUT2D eigenvalue weighted by molar-refractivity contribution is -0.0948. The van der Waals surface area contributed by atoms with Gasteiger partial charge in [0.05, 0.1) is 24.8 Å². The molecule has 0 aromatic carbocycles. The fourth-order valence-electron chi connectivity index (χ4n) is 3.35. The molecule has 0 amide bonds. The maximum absolute atomic E-state index is 10.8. The van der Waals surface area contributed by atoms with Crippen LogP contribution in [-0.2, 0) is 4.74 Å². The average Bonchev–Trinajstić information content (AvgIpc) is 3.32.